The molecule has 0 aromatic rings. The molecule has 4 atom stereocenters. The normalized spacial score (nSPS) is 14.2. The van der Waals surface area contributed by atoms with Crippen molar-refractivity contribution >= 4 is 41.6 Å². The number of hydrogen-bond donors (Lipinski definition) is 8. The number of carbonyl (C=O) groups is 7. The number of carbonyl (C=O) groups excluding carboxylic acids is 3. The Morgan fingerprint density at radius 2 is 1.06 bits per heavy atom. The van der Waals surface area contributed by atoms with E-state index in [0.29, 0.717) is 0 Å². The molecule has 9 N–H and O–H groups in total. The minimum atomic E-state index is -1.54. The number of nitrogens with two attached hydrogens (primary N) is 1. The van der Waals surface area contributed by atoms with Crippen LogP contribution in [0.1, 0.15) is 52.4 Å². The van der Waals surface area contributed by atoms with Gasteiger partial charge in [0, 0.05) is 19.3 Å². The molecule has 0 aromatic carbocycles. The molecule has 0 saturated carbocycles. The second-order valence-electron chi connectivity index (χ2n) is 8.09. The summed E-state index contributed by atoms with van der Waals surface area (Å²) in [6.45, 7) is 3.06. The molecule has 0 spiro atoms. The van der Waals surface area contributed by atoms with Crippen LogP contribution in [-0.4, -0.2) is 86.2 Å². The molecule has 0 unspecified atom stereocenters. The van der Waals surface area contributed by atoms with Gasteiger partial charge in [-0.1, -0.05) is 13.8 Å². The maximum absolute atomic E-state index is 12.8. The van der Waals surface area contributed by atoms with Gasteiger partial charge in [0.15, 0.2) is 0 Å². The molecule has 0 radical (unpaired) electrons. The predicted molar refractivity (Wildman–Crippen MR) is 117 cm³/mol. The van der Waals surface area contributed by atoms with Crippen molar-refractivity contribution in [2.45, 2.75) is 76.5 Å². The zero-order valence-electron chi connectivity index (χ0n) is 19.4. The summed E-state index contributed by atoms with van der Waals surface area (Å²) >= 11 is 0. The summed E-state index contributed by atoms with van der Waals surface area (Å²) in [5.41, 5.74) is 5.62. The van der Waals surface area contributed by atoms with E-state index >= 15 is 0 Å². The van der Waals surface area contributed by atoms with Gasteiger partial charge in [-0.15, -0.1) is 0 Å². The lowest BCUT2D eigenvalue weighted by molar-refractivity contribution is -0.144. The largest absolute Gasteiger partial charge is 0.481 e. The number of nitrogens with one attached hydrogen (secondary N) is 3. The number of amides is 3. The highest BCUT2D eigenvalue weighted by atomic mass is 16.4. The first-order valence-corrected chi connectivity index (χ1v) is 10.7. The lowest BCUT2D eigenvalue weighted by Gasteiger charge is -2.27. The monoisotopic (exact) mass is 504 g/mol. The van der Waals surface area contributed by atoms with Crippen molar-refractivity contribution in [3.05, 3.63) is 0 Å². The van der Waals surface area contributed by atoms with Crippen LogP contribution in [0, 0.1) is 5.92 Å². The van der Waals surface area contributed by atoms with Crippen molar-refractivity contribution in [3.8, 4) is 0 Å². The summed E-state index contributed by atoms with van der Waals surface area (Å²) in [7, 11) is 0. The second-order valence-corrected chi connectivity index (χ2v) is 8.09. The van der Waals surface area contributed by atoms with Crippen molar-refractivity contribution in [1.29, 1.82) is 0 Å². The molecule has 15 heteroatoms. The molecule has 15 nitrogen and oxygen atoms in total. The molecule has 0 rings (SSSR count). The fraction of sp³-hybridized carbons (Fsp3) is 0.650. The van der Waals surface area contributed by atoms with Gasteiger partial charge in [0.2, 0.25) is 17.7 Å². The topological polar surface area (TPSA) is 263 Å². The van der Waals surface area contributed by atoms with Gasteiger partial charge in [0.1, 0.15) is 18.1 Å². The van der Waals surface area contributed by atoms with Crippen LogP contribution < -0.4 is 21.7 Å². The molecule has 0 heterocycles. The first-order chi connectivity index (χ1) is 16.1. The van der Waals surface area contributed by atoms with Crippen molar-refractivity contribution in [3.63, 3.8) is 0 Å². The maximum Gasteiger partial charge on any atom is 0.326 e. The predicted octanol–water partition coefficient (Wildman–Crippen LogP) is -1.90. The zero-order valence-corrected chi connectivity index (χ0v) is 19.4. The van der Waals surface area contributed by atoms with E-state index in [2.05, 4.69) is 16.0 Å². The highest BCUT2D eigenvalue weighted by Gasteiger charge is 2.32. The lowest BCUT2D eigenvalue weighted by atomic mass is 10.0. The van der Waals surface area contributed by atoms with E-state index in [1.54, 1.807) is 0 Å². The van der Waals surface area contributed by atoms with Crippen molar-refractivity contribution in [2.75, 3.05) is 0 Å². The zero-order chi connectivity index (χ0) is 27.3. The van der Waals surface area contributed by atoms with E-state index in [1.165, 1.54) is 13.8 Å². The summed E-state index contributed by atoms with van der Waals surface area (Å²) in [6.07, 6.45) is -2.48. The summed E-state index contributed by atoms with van der Waals surface area (Å²) in [6, 6.07) is -5.57. The number of aliphatic carboxylic acids is 4. The van der Waals surface area contributed by atoms with Crippen LogP contribution in [0.25, 0.3) is 0 Å². The first kappa shape index (κ1) is 31.2. The highest BCUT2D eigenvalue weighted by Crippen LogP contribution is 2.08. The molecular weight excluding hydrogens is 472 g/mol. The average Bonchev–Trinajstić information content (AvgIpc) is 2.74. The standard InChI is InChI=1S/C20H32N4O11/c1-9(2)16(19(33)23-12(20(34)35)5-8-15(29)30)24-18(32)11(4-7-14(27)28)22-17(31)10(21)3-6-13(25)26/h9-12,16H,3-8,21H2,1-2H3,(H,22,31)(H,23,33)(H,24,32)(H,25,26)(H,27,28)(H,29,30)(H,34,35)/t10-,11-,12-,16-/m0/s1. The first-order valence-electron chi connectivity index (χ1n) is 10.7. The van der Waals surface area contributed by atoms with Crippen LogP contribution >= 0.6 is 0 Å². The Morgan fingerprint density at radius 3 is 1.49 bits per heavy atom. The lowest BCUT2D eigenvalue weighted by Crippen LogP contribution is -2.58. The van der Waals surface area contributed by atoms with Crippen molar-refractivity contribution in [2.24, 2.45) is 11.7 Å². The molecule has 0 bridgehead atoms. The third-order valence-electron chi connectivity index (χ3n) is 4.79. The van der Waals surface area contributed by atoms with Crippen molar-refractivity contribution in [1.82, 2.24) is 16.0 Å². The van der Waals surface area contributed by atoms with Crippen LogP contribution in [0.3, 0.4) is 0 Å². The van der Waals surface area contributed by atoms with E-state index in [4.69, 9.17) is 21.1 Å². The average molecular weight is 504 g/mol. The van der Waals surface area contributed by atoms with Gasteiger partial charge >= 0.3 is 23.9 Å². The van der Waals surface area contributed by atoms with Crippen LogP contribution in [0.15, 0.2) is 0 Å². The third kappa shape index (κ3) is 12.9. The van der Waals surface area contributed by atoms with E-state index in [1.807, 2.05) is 0 Å². The summed E-state index contributed by atoms with van der Waals surface area (Å²) in [5, 5.41) is 42.4. The highest BCUT2D eigenvalue weighted by molar-refractivity contribution is 5.94. The maximum atomic E-state index is 12.8. The molecule has 0 aromatic heterocycles. The van der Waals surface area contributed by atoms with Gasteiger partial charge in [0.05, 0.1) is 6.04 Å². The molecule has 0 aliphatic heterocycles. The van der Waals surface area contributed by atoms with Gasteiger partial charge < -0.3 is 42.1 Å². The molecule has 0 saturated heterocycles. The molecule has 0 aliphatic rings. The SMILES string of the molecule is CC(C)[C@H](NC(=O)[C@H](CCC(=O)O)NC(=O)[C@@H](N)CCC(=O)O)C(=O)N[C@@H](CCC(=O)O)C(=O)O. The Hall–Kier alpha value is -3.75. The third-order valence-corrected chi connectivity index (χ3v) is 4.79. The second kappa shape index (κ2) is 15.2. The molecular formula is C20H32N4O11. The minimum Gasteiger partial charge on any atom is -0.481 e. The molecule has 0 aliphatic carbocycles. The fourth-order valence-corrected chi connectivity index (χ4v) is 2.80. The van der Waals surface area contributed by atoms with Crippen LogP contribution in [0.2, 0.25) is 0 Å². The van der Waals surface area contributed by atoms with Gasteiger partial charge in [-0.3, -0.25) is 28.8 Å². The summed E-state index contributed by atoms with van der Waals surface area (Å²) in [4.78, 5) is 81.4. The summed E-state index contributed by atoms with van der Waals surface area (Å²) < 4.78 is 0. The number of hydrogen-bond acceptors (Lipinski definition) is 8. The Morgan fingerprint density at radius 1 is 0.629 bits per heavy atom. The minimum absolute atomic E-state index is 0.238. The molecule has 198 valence electrons. The fourth-order valence-electron chi connectivity index (χ4n) is 2.80. The van der Waals surface area contributed by atoms with Crippen LogP contribution in [-0.2, 0) is 33.6 Å². The Balaban J connectivity index is 5.47. The van der Waals surface area contributed by atoms with Gasteiger partial charge in [0.25, 0.3) is 0 Å². The Kier molecular flexibility index (Phi) is 13.6. The summed E-state index contributed by atoms with van der Waals surface area (Å²) in [5.74, 6) is -8.56. The van der Waals surface area contributed by atoms with E-state index < -0.39 is 97.4 Å². The molecule has 0 fully saturated rings. The van der Waals surface area contributed by atoms with Crippen LogP contribution in [0.4, 0.5) is 0 Å². The molecule has 35 heavy (non-hydrogen) atoms. The molecule has 3 amide bonds. The number of carboxylic acids is 4. The number of rotatable bonds is 17. The quantitative estimate of drug-likeness (QED) is 0.108. The Bertz CT molecular complexity index is 815. The van der Waals surface area contributed by atoms with E-state index in [9.17, 15) is 38.7 Å². The smallest absolute Gasteiger partial charge is 0.326 e. The number of carboxylic acid groups (broad SMARTS) is 4. The van der Waals surface area contributed by atoms with E-state index in [0.717, 1.165) is 0 Å². The Labute approximate surface area is 200 Å². The van der Waals surface area contributed by atoms with Crippen molar-refractivity contribution < 1.29 is 54.0 Å². The van der Waals surface area contributed by atoms with Gasteiger partial charge in [-0.2, -0.15) is 0 Å². The van der Waals surface area contributed by atoms with E-state index in [-0.39, 0.29) is 12.8 Å². The van der Waals surface area contributed by atoms with Gasteiger partial charge in [-0.05, 0) is 25.2 Å². The van der Waals surface area contributed by atoms with Crippen LogP contribution in [0.5, 0.6) is 0 Å². The van der Waals surface area contributed by atoms with Gasteiger partial charge in [-0.25, -0.2) is 4.79 Å².